The lowest BCUT2D eigenvalue weighted by Gasteiger charge is -2.24. The minimum Gasteiger partial charge on any atom is -0.456 e. The summed E-state index contributed by atoms with van der Waals surface area (Å²) in [6.45, 7) is 11.7. The summed E-state index contributed by atoms with van der Waals surface area (Å²) in [4.78, 5) is 25.3. The summed E-state index contributed by atoms with van der Waals surface area (Å²) in [5.74, 6) is 0.731. The van der Waals surface area contributed by atoms with Crippen molar-refractivity contribution in [3.05, 3.63) is 77.5 Å². The van der Waals surface area contributed by atoms with Gasteiger partial charge in [0, 0.05) is 29.4 Å². The van der Waals surface area contributed by atoms with E-state index in [0.29, 0.717) is 41.5 Å². The number of ether oxygens (including phenoxy) is 2. The van der Waals surface area contributed by atoms with Gasteiger partial charge in [0.15, 0.2) is 0 Å². The highest BCUT2D eigenvalue weighted by Gasteiger charge is 2.14. The number of amides is 1. The fraction of sp³-hybridized carbons (Fsp3) is 0.355. The second-order valence-corrected chi connectivity index (χ2v) is 10.5. The van der Waals surface area contributed by atoms with Gasteiger partial charge in [-0.3, -0.25) is 19.3 Å². The van der Waals surface area contributed by atoms with Gasteiger partial charge in [0.1, 0.15) is 23.6 Å². The molecular weight excluding hydrogens is 525 g/mol. The molecule has 0 atom stereocenters. The van der Waals surface area contributed by atoms with Crippen LogP contribution in [0.1, 0.15) is 49.2 Å². The average Bonchev–Trinajstić information content (AvgIpc) is 3.40. The van der Waals surface area contributed by atoms with Gasteiger partial charge in [-0.2, -0.15) is 5.10 Å². The van der Waals surface area contributed by atoms with E-state index in [4.69, 9.17) is 9.47 Å². The summed E-state index contributed by atoms with van der Waals surface area (Å²) in [6, 6.07) is 10.7. The number of aryl methyl sites for hydroxylation is 2. The molecule has 0 aliphatic carbocycles. The van der Waals surface area contributed by atoms with Gasteiger partial charge in [-0.15, -0.1) is 0 Å². The topological polar surface area (TPSA) is 107 Å². The van der Waals surface area contributed by atoms with Gasteiger partial charge in [-0.1, -0.05) is 6.92 Å². The van der Waals surface area contributed by atoms with Crippen molar-refractivity contribution in [3.63, 3.8) is 0 Å². The van der Waals surface area contributed by atoms with Crippen molar-refractivity contribution >= 4 is 29.3 Å². The Kier molecular flexibility index (Phi) is 11.1. The standard InChI is InChI=1S/C19H16FNO2.C8H13N3O.C4H9NO/c1-3-14-8-12(2)19(10-16(14)20)23-18-6-7-21-17-5-4-13(11-22)9-15(17)18;1-8(2,3)11-5-7(4-10-11)9-6-12;1-5-4-2-6-3-4/h4-11H,3H2,1-2H3;4-6H,1-3H3,(H,9,12);4-5H,2-3H2,1H3. The maximum Gasteiger partial charge on any atom is 0.211 e. The highest BCUT2D eigenvalue weighted by molar-refractivity contribution is 5.90. The third-order valence-corrected chi connectivity index (χ3v) is 6.35. The monoisotopic (exact) mass is 563 g/mol. The molecule has 0 unspecified atom stereocenters. The molecule has 218 valence electrons. The molecule has 9 nitrogen and oxygen atoms in total. The molecule has 1 amide bonds. The van der Waals surface area contributed by atoms with E-state index in [1.165, 1.54) is 6.07 Å². The zero-order valence-electron chi connectivity index (χ0n) is 24.4. The number of benzene rings is 2. The number of rotatable bonds is 7. The van der Waals surface area contributed by atoms with Gasteiger partial charge in [0.25, 0.3) is 0 Å². The lowest BCUT2D eigenvalue weighted by Crippen LogP contribution is -2.43. The molecule has 1 fully saturated rings. The number of likely N-dealkylation sites (N-methyl/N-ethyl adjacent to an activating group) is 1. The number of hydrogen-bond acceptors (Lipinski definition) is 7. The van der Waals surface area contributed by atoms with Crippen LogP contribution in [0.2, 0.25) is 0 Å². The number of nitrogens with zero attached hydrogens (tertiary/aromatic N) is 3. The number of halogens is 1. The van der Waals surface area contributed by atoms with Crippen LogP contribution in [0.3, 0.4) is 0 Å². The molecule has 10 heteroatoms. The quantitative estimate of drug-likeness (QED) is 0.279. The zero-order valence-corrected chi connectivity index (χ0v) is 24.4. The second-order valence-electron chi connectivity index (χ2n) is 10.5. The van der Waals surface area contributed by atoms with Crippen LogP contribution in [0.15, 0.2) is 55.0 Å². The van der Waals surface area contributed by atoms with Crippen LogP contribution in [-0.4, -0.2) is 53.8 Å². The van der Waals surface area contributed by atoms with Crippen molar-refractivity contribution < 1.29 is 23.5 Å². The third-order valence-electron chi connectivity index (χ3n) is 6.35. The Hall–Kier alpha value is -4.15. The average molecular weight is 564 g/mol. The minimum atomic E-state index is -0.278. The highest BCUT2D eigenvalue weighted by Crippen LogP contribution is 2.32. The smallest absolute Gasteiger partial charge is 0.211 e. The molecule has 1 aliphatic heterocycles. The third kappa shape index (κ3) is 8.67. The van der Waals surface area contributed by atoms with Crippen LogP contribution in [0.4, 0.5) is 10.1 Å². The van der Waals surface area contributed by atoms with E-state index in [9.17, 15) is 14.0 Å². The Morgan fingerprint density at radius 3 is 2.44 bits per heavy atom. The highest BCUT2D eigenvalue weighted by atomic mass is 19.1. The van der Waals surface area contributed by atoms with Crippen LogP contribution in [-0.2, 0) is 21.5 Å². The van der Waals surface area contributed by atoms with Crippen LogP contribution < -0.4 is 15.4 Å². The van der Waals surface area contributed by atoms with E-state index in [1.807, 2.05) is 41.7 Å². The number of pyridine rings is 1. The van der Waals surface area contributed by atoms with E-state index in [0.717, 1.165) is 41.7 Å². The van der Waals surface area contributed by atoms with Crippen molar-refractivity contribution in [3.8, 4) is 11.5 Å². The van der Waals surface area contributed by atoms with Crippen molar-refractivity contribution in [2.45, 2.75) is 52.6 Å². The molecule has 2 N–H and O–H groups in total. The number of anilines is 1. The minimum absolute atomic E-state index is 0.0389. The summed E-state index contributed by atoms with van der Waals surface area (Å²) in [5, 5.41) is 10.4. The summed E-state index contributed by atoms with van der Waals surface area (Å²) in [7, 11) is 1.95. The Bertz CT molecular complexity index is 1460. The Morgan fingerprint density at radius 1 is 1.15 bits per heavy atom. The van der Waals surface area contributed by atoms with E-state index < -0.39 is 0 Å². The molecule has 3 heterocycles. The number of aromatic nitrogens is 3. The van der Waals surface area contributed by atoms with Gasteiger partial charge in [0.2, 0.25) is 6.41 Å². The Labute approximate surface area is 240 Å². The largest absolute Gasteiger partial charge is 0.456 e. The van der Waals surface area contributed by atoms with Crippen LogP contribution in [0.5, 0.6) is 11.5 Å². The summed E-state index contributed by atoms with van der Waals surface area (Å²) in [5.41, 5.74) is 3.47. The molecule has 0 spiro atoms. The first-order valence-electron chi connectivity index (χ1n) is 13.4. The van der Waals surface area contributed by atoms with Gasteiger partial charge in [-0.25, -0.2) is 4.39 Å². The van der Waals surface area contributed by atoms with E-state index in [-0.39, 0.29) is 11.4 Å². The number of aldehydes is 1. The normalized spacial score (nSPS) is 12.8. The summed E-state index contributed by atoms with van der Waals surface area (Å²) >= 11 is 0. The summed E-state index contributed by atoms with van der Waals surface area (Å²) < 4.78 is 26.6. The zero-order chi connectivity index (χ0) is 30.0. The van der Waals surface area contributed by atoms with Crippen molar-refractivity contribution in [1.29, 1.82) is 0 Å². The fourth-order valence-electron chi connectivity index (χ4n) is 3.76. The number of carbonyl (C=O) groups is 2. The van der Waals surface area contributed by atoms with Crippen LogP contribution in [0.25, 0.3) is 10.9 Å². The van der Waals surface area contributed by atoms with Gasteiger partial charge in [0.05, 0.1) is 42.2 Å². The molecule has 5 rings (SSSR count). The van der Waals surface area contributed by atoms with Crippen molar-refractivity contribution in [2.24, 2.45) is 0 Å². The molecule has 4 aromatic rings. The fourth-order valence-corrected chi connectivity index (χ4v) is 3.76. The Balaban J connectivity index is 0.000000212. The van der Waals surface area contributed by atoms with Gasteiger partial charge >= 0.3 is 0 Å². The Morgan fingerprint density at radius 2 is 1.90 bits per heavy atom. The van der Waals surface area contributed by atoms with E-state index in [2.05, 4.69) is 20.7 Å². The van der Waals surface area contributed by atoms with Crippen molar-refractivity contribution in [1.82, 2.24) is 20.1 Å². The maximum atomic E-state index is 14.0. The first kappa shape index (κ1) is 31.4. The molecular formula is C31H38FN5O4. The number of carbonyl (C=O) groups excluding carboxylic acids is 2. The van der Waals surface area contributed by atoms with Gasteiger partial charge in [-0.05, 0) is 82.6 Å². The first-order chi connectivity index (χ1) is 19.6. The maximum absolute atomic E-state index is 14.0. The predicted molar refractivity (Wildman–Crippen MR) is 158 cm³/mol. The lowest BCUT2D eigenvalue weighted by molar-refractivity contribution is -0.105. The SMILES string of the molecule is CC(C)(C)n1cc(NC=O)cn1.CCc1cc(C)c(Oc2ccnc3ccc(C=O)cc23)cc1F.CNC1COC1. The van der Waals surface area contributed by atoms with E-state index >= 15 is 0 Å². The van der Waals surface area contributed by atoms with Crippen molar-refractivity contribution in [2.75, 3.05) is 25.6 Å². The number of fused-ring (bicyclic) bond motifs is 1. The molecule has 1 aliphatic rings. The predicted octanol–water partition coefficient (Wildman–Crippen LogP) is 5.66. The first-order valence-corrected chi connectivity index (χ1v) is 13.4. The summed E-state index contributed by atoms with van der Waals surface area (Å²) in [6.07, 6.45) is 7.10. The lowest BCUT2D eigenvalue weighted by atomic mass is 10.1. The van der Waals surface area contributed by atoms with Crippen LogP contribution in [0, 0.1) is 12.7 Å². The molecule has 2 aromatic heterocycles. The molecule has 0 radical (unpaired) electrons. The van der Waals surface area contributed by atoms with Gasteiger partial charge < -0.3 is 20.1 Å². The molecule has 41 heavy (non-hydrogen) atoms. The molecule has 1 saturated heterocycles. The second kappa shape index (κ2) is 14.5. The van der Waals surface area contributed by atoms with Crippen LogP contribution >= 0.6 is 0 Å². The number of nitrogens with one attached hydrogen (secondary N) is 2. The number of hydrogen-bond donors (Lipinski definition) is 2. The van der Waals surface area contributed by atoms with E-state index in [1.54, 1.807) is 53.6 Å². The molecule has 0 bridgehead atoms. The molecule has 0 saturated carbocycles. The molecule has 2 aromatic carbocycles.